The normalized spacial score (nSPS) is 14.2. The second-order valence-corrected chi connectivity index (χ2v) is 17.5. The summed E-state index contributed by atoms with van der Waals surface area (Å²) >= 11 is 0. The molecule has 14 rings (SSSR count). The highest BCUT2D eigenvalue weighted by Crippen LogP contribution is 2.64. The Labute approximate surface area is 392 Å². The fraction of sp³-hybridized carbons (Fsp3) is 0.0161. The van der Waals surface area contributed by atoms with Gasteiger partial charge in [0, 0.05) is 33.0 Å². The number of rotatable bonds is 6. The average molecular weight is 869 g/mol. The second kappa shape index (κ2) is 15.0. The van der Waals surface area contributed by atoms with Gasteiger partial charge in [0.05, 0.1) is 27.9 Å². The van der Waals surface area contributed by atoms with Crippen LogP contribution < -0.4 is 4.57 Å². The summed E-state index contributed by atoms with van der Waals surface area (Å²) in [7, 11) is 0. The predicted molar refractivity (Wildman–Crippen MR) is 270 cm³/mol. The molecule has 3 aromatic heterocycles. The van der Waals surface area contributed by atoms with E-state index in [0.29, 0.717) is 11.6 Å². The maximum absolute atomic E-state index is 7.03. The van der Waals surface area contributed by atoms with Gasteiger partial charge in [-0.25, -0.2) is 9.97 Å². The van der Waals surface area contributed by atoms with Crippen molar-refractivity contribution in [3.05, 3.63) is 253 Å². The lowest BCUT2D eigenvalue weighted by atomic mass is 9.70. The Morgan fingerprint density at radius 3 is 1.68 bits per heavy atom. The summed E-state index contributed by atoms with van der Waals surface area (Å²) in [5, 5.41) is 2.11. The standard InChI is InChI=1S/C62H38N5O/c1-5-17-39(18-6-1)54-37-55(65-60(64-54)41-21-9-3-10-22-41)43-29-34-56-49(35-43)46-31-33-53-57(58(46)68-56)47-26-14-16-28-51(47)62(53)50-27-15-13-25-45(50)48-36-44(30-32-52(48)62)67-38-63-59(40-19-7-2-8-20-40)66-61(67)42-23-11-4-12-24-42/h1-38H/q+1. The molecule has 0 amide bonds. The highest BCUT2D eigenvalue weighted by atomic mass is 16.3. The SMILES string of the molecule is c1ccc(-c2cc(-c3ccc4oc5c6c(ccc5c4c3)C3(c4ccccc4-c4cc(-[n+]5cnc(-c7ccccc7)nc5-c5ccccc5)ccc43)c3ccccc3-6)nc(-c3ccccc3)n2)cc1. The van der Waals surface area contributed by atoms with E-state index in [0.717, 1.165) is 78.2 Å². The Morgan fingerprint density at radius 2 is 0.956 bits per heavy atom. The van der Waals surface area contributed by atoms with E-state index >= 15 is 0 Å². The summed E-state index contributed by atoms with van der Waals surface area (Å²) in [5.74, 6) is 2.19. The molecule has 1 unspecified atom stereocenters. The first-order valence-corrected chi connectivity index (χ1v) is 22.9. The van der Waals surface area contributed by atoms with Gasteiger partial charge in [0.25, 0.3) is 5.82 Å². The number of hydrogen-bond acceptors (Lipinski definition) is 5. The first kappa shape index (κ1) is 38.2. The number of fused-ring (bicyclic) bond motifs is 14. The van der Waals surface area contributed by atoms with E-state index in [1.807, 2.05) is 67.0 Å². The molecule has 2 aliphatic carbocycles. The molecule has 0 N–H and O–H groups in total. The highest BCUT2D eigenvalue weighted by molar-refractivity contribution is 6.14. The van der Waals surface area contributed by atoms with Crippen LogP contribution in [-0.2, 0) is 5.41 Å². The molecule has 1 spiro atoms. The van der Waals surface area contributed by atoms with Gasteiger partial charge in [0.15, 0.2) is 5.82 Å². The van der Waals surface area contributed by atoms with Crippen LogP contribution in [0.4, 0.5) is 0 Å². The fourth-order valence-electron chi connectivity index (χ4n) is 10.9. The van der Waals surface area contributed by atoms with Gasteiger partial charge in [-0.3, -0.25) is 0 Å². The van der Waals surface area contributed by atoms with Crippen LogP contribution in [0.1, 0.15) is 22.3 Å². The van der Waals surface area contributed by atoms with Crippen molar-refractivity contribution in [3.8, 4) is 84.6 Å². The van der Waals surface area contributed by atoms with E-state index in [1.165, 1.54) is 38.9 Å². The molecule has 9 aromatic carbocycles. The Balaban J connectivity index is 0.943. The molecule has 1 atom stereocenters. The first-order chi connectivity index (χ1) is 33.7. The lowest BCUT2D eigenvalue weighted by molar-refractivity contribution is -0.590. The number of furan rings is 1. The molecule has 0 aliphatic heterocycles. The Kier molecular flexibility index (Phi) is 8.39. The van der Waals surface area contributed by atoms with E-state index in [2.05, 4.69) is 168 Å². The van der Waals surface area contributed by atoms with Crippen molar-refractivity contribution in [2.24, 2.45) is 0 Å². The number of nitrogens with zero attached hydrogens (tertiary/aromatic N) is 5. The van der Waals surface area contributed by atoms with Crippen molar-refractivity contribution >= 4 is 21.9 Å². The molecule has 6 nitrogen and oxygen atoms in total. The average Bonchev–Trinajstić information content (AvgIpc) is 4.05. The lowest BCUT2D eigenvalue weighted by Gasteiger charge is -2.30. The van der Waals surface area contributed by atoms with Gasteiger partial charge in [0.1, 0.15) is 16.9 Å². The van der Waals surface area contributed by atoms with Gasteiger partial charge in [0.2, 0.25) is 6.33 Å². The minimum atomic E-state index is -0.571. The minimum Gasteiger partial charge on any atom is -0.455 e. The Bertz CT molecular complexity index is 3910. The van der Waals surface area contributed by atoms with Crippen LogP contribution in [0, 0.1) is 0 Å². The van der Waals surface area contributed by atoms with Gasteiger partial charge in [-0.15, -0.1) is 0 Å². The van der Waals surface area contributed by atoms with Crippen LogP contribution >= 0.6 is 0 Å². The van der Waals surface area contributed by atoms with Crippen molar-refractivity contribution in [2.75, 3.05) is 0 Å². The topological polar surface area (TPSA) is 68.6 Å². The van der Waals surface area contributed by atoms with Crippen LogP contribution in [0.5, 0.6) is 0 Å². The monoisotopic (exact) mass is 868 g/mol. The third-order valence-corrected chi connectivity index (χ3v) is 13.9. The molecule has 0 saturated heterocycles. The van der Waals surface area contributed by atoms with E-state index in [1.54, 1.807) is 0 Å². The molecular weight excluding hydrogens is 831 g/mol. The number of aromatic nitrogens is 5. The van der Waals surface area contributed by atoms with Gasteiger partial charge in [-0.2, -0.15) is 4.57 Å². The third kappa shape index (κ3) is 5.67. The molecule has 0 fully saturated rings. The number of hydrogen-bond donors (Lipinski definition) is 0. The van der Waals surface area contributed by atoms with E-state index < -0.39 is 5.41 Å². The minimum absolute atomic E-state index is 0.571. The molecule has 12 aromatic rings. The Morgan fingerprint density at radius 1 is 0.382 bits per heavy atom. The zero-order valence-corrected chi connectivity index (χ0v) is 36.6. The summed E-state index contributed by atoms with van der Waals surface area (Å²) in [6.45, 7) is 0. The Hall–Kier alpha value is -9.13. The smallest absolute Gasteiger partial charge is 0.307 e. The van der Waals surface area contributed by atoms with Crippen molar-refractivity contribution in [1.82, 2.24) is 19.9 Å². The summed E-state index contributed by atoms with van der Waals surface area (Å²) in [6, 6.07) is 78.9. The van der Waals surface area contributed by atoms with Gasteiger partial charge in [-0.1, -0.05) is 174 Å². The molecule has 68 heavy (non-hydrogen) atoms. The zero-order chi connectivity index (χ0) is 44.8. The van der Waals surface area contributed by atoms with Crippen molar-refractivity contribution in [2.45, 2.75) is 5.41 Å². The highest BCUT2D eigenvalue weighted by Gasteiger charge is 2.52. The molecule has 3 heterocycles. The molecule has 316 valence electrons. The van der Waals surface area contributed by atoms with Gasteiger partial charge in [-0.05, 0) is 99.6 Å². The van der Waals surface area contributed by atoms with Gasteiger partial charge < -0.3 is 4.42 Å². The van der Waals surface area contributed by atoms with Crippen LogP contribution in [0.2, 0.25) is 0 Å². The maximum atomic E-state index is 7.03. The van der Waals surface area contributed by atoms with Crippen LogP contribution in [0.3, 0.4) is 0 Å². The molecular formula is C62H38N5O+. The molecule has 0 saturated carbocycles. The molecule has 0 radical (unpaired) electrons. The third-order valence-electron chi connectivity index (χ3n) is 13.9. The summed E-state index contributed by atoms with van der Waals surface area (Å²) in [5.41, 5.74) is 18.5. The van der Waals surface area contributed by atoms with Gasteiger partial charge >= 0.3 is 5.82 Å². The summed E-state index contributed by atoms with van der Waals surface area (Å²) in [4.78, 5) is 20.3. The van der Waals surface area contributed by atoms with Crippen molar-refractivity contribution in [3.63, 3.8) is 0 Å². The summed E-state index contributed by atoms with van der Waals surface area (Å²) in [6.07, 6.45) is 1.91. The number of benzene rings is 9. The van der Waals surface area contributed by atoms with Crippen LogP contribution in [0.15, 0.2) is 235 Å². The van der Waals surface area contributed by atoms with Crippen molar-refractivity contribution < 1.29 is 8.98 Å². The van der Waals surface area contributed by atoms with Crippen LogP contribution in [0.25, 0.3) is 107 Å². The molecule has 6 heteroatoms. The van der Waals surface area contributed by atoms with Crippen LogP contribution in [-0.4, -0.2) is 19.9 Å². The maximum Gasteiger partial charge on any atom is 0.307 e. The molecule has 0 bridgehead atoms. The van der Waals surface area contributed by atoms with E-state index in [9.17, 15) is 0 Å². The van der Waals surface area contributed by atoms with Crippen molar-refractivity contribution in [1.29, 1.82) is 0 Å². The quantitative estimate of drug-likeness (QED) is 0.156. The summed E-state index contributed by atoms with van der Waals surface area (Å²) < 4.78 is 9.15. The lowest BCUT2D eigenvalue weighted by Crippen LogP contribution is -2.35. The van der Waals surface area contributed by atoms with E-state index in [-0.39, 0.29) is 0 Å². The second-order valence-electron chi connectivity index (χ2n) is 17.5. The zero-order valence-electron chi connectivity index (χ0n) is 36.6. The largest absolute Gasteiger partial charge is 0.455 e. The fourth-order valence-corrected chi connectivity index (χ4v) is 10.9. The predicted octanol–water partition coefficient (Wildman–Crippen LogP) is 14.1. The first-order valence-electron chi connectivity index (χ1n) is 22.9. The van der Waals surface area contributed by atoms with E-state index in [4.69, 9.17) is 24.4 Å². The molecule has 2 aliphatic rings.